The third kappa shape index (κ3) is 3.93. The molecule has 9 nitrogen and oxygen atoms in total. The van der Waals surface area contributed by atoms with E-state index < -0.39 is 34.5 Å². The fraction of sp³-hybridized carbons (Fsp3) is 0.438. The molecule has 25 heavy (non-hydrogen) atoms. The van der Waals surface area contributed by atoms with Crippen LogP contribution in [0.25, 0.3) is 0 Å². The van der Waals surface area contributed by atoms with Gasteiger partial charge in [-0.2, -0.15) is 0 Å². The van der Waals surface area contributed by atoms with Gasteiger partial charge in [0.25, 0.3) is 11.6 Å². The van der Waals surface area contributed by atoms with Gasteiger partial charge in [-0.1, -0.05) is 0 Å². The Morgan fingerprint density at radius 1 is 1.12 bits per heavy atom. The monoisotopic (exact) mass is 350 g/mol. The SMILES string of the molecule is COC(=O)c1cc(C(=O)N2CCCC[C@@H]2C(=O)OC)cc([N+](=O)[O-])c1. The Hall–Kier alpha value is -2.97. The van der Waals surface area contributed by atoms with Crippen molar-refractivity contribution in [3.05, 3.63) is 39.4 Å². The molecule has 1 heterocycles. The van der Waals surface area contributed by atoms with Crippen molar-refractivity contribution in [3.8, 4) is 0 Å². The molecule has 1 aliphatic rings. The van der Waals surface area contributed by atoms with Crippen LogP contribution < -0.4 is 0 Å². The quantitative estimate of drug-likeness (QED) is 0.459. The van der Waals surface area contributed by atoms with Crippen LogP contribution in [0.4, 0.5) is 5.69 Å². The first-order chi connectivity index (χ1) is 11.9. The summed E-state index contributed by atoms with van der Waals surface area (Å²) in [5.74, 6) is -1.89. The molecule has 0 bridgehead atoms. The van der Waals surface area contributed by atoms with Crippen LogP contribution in [-0.2, 0) is 14.3 Å². The molecule has 134 valence electrons. The zero-order valence-electron chi connectivity index (χ0n) is 13.9. The highest BCUT2D eigenvalue weighted by Crippen LogP contribution is 2.24. The minimum Gasteiger partial charge on any atom is -0.467 e. The molecule has 0 aliphatic carbocycles. The highest BCUT2D eigenvalue weighted by Gasteiger charge is 2.34. The van der Waals surface area contributed by atoms with E-state index in [9.17, 15) is 24.5 Å². The van der Waals surface area contributed by atoms with Gasteiger partial charge in [0.15, 0.2) is 0 Å². The number of likely N-dealkylation sites (tertiary alicyclic amines) is 1. The molecule has 1 aromatic carbocycles. The van der Waals surface area contributed by atoms with Gasteiger partial charge < -0.3 is 14.4 Å². The minimum atomic E-state index is -0.791. The van der Waals surface area contributed by atoms with Crippen molar-refractivity contribution >= 4 is 23.5 Å². The molecule has 1 amide bonds. The number of nitrogens with zero attached hydrogens (tertiary/aromatic N) is 2. The Morgan fingerprint density at radius 3 is 2.40 bits per heavy atom. The van der Waals surface area contributed by atoms with Gasteiger partial charge in [-0.25, -0.2) is 9.59 Å². The maximum Gasteiger partial charge on any atom is 0.338 e. The Labute approximate surface area is 143 Å². The zero-order chi connectivity index (χ0) is 18.6. The summed E-state index contributed by atoms with van der Waals surface area (Å²) in [5, 5.41) is 11.1. The van der Waals surface area contributed by atoms with Crippen LogP contribution in [0.5, 0.6) is 0 Å². The topological polar surface area (TPSA) is 116 Å². The minimum absolute atomic E-state index is 0.0506. The number of ether oxygens (including phenoxy) is 2. The Morgan fingerprint density at radius 2 is 1.80 bits per heavy atom. The lowest BCUT2D eigenvalue weighted by Crippen LogP contribution is -2.48. The van der Waals surface area contributed by atoms with E-state index in [0.29, 0.717) is 19.4 Å². The Bertz CT molecular complexity index is 716. The second-order valence-corrected chi connectivity index (χ2v) is 5.55. The molecule has 0 unspecified atom stereocenters. The van der Waals surface area contributed by atoms with Crippen molar-refractivity contribution in [2.24, 2.45) is 0 Å². The molecule has 1 aromatic rings. The van der Waals surface area contributed by atoms with Crippen molar-refractivity contribution in [2.45, 2.75) is 25.3 Å². The zero-order valence-corrected chi connectivity index (χ0v) is 13.9. The molecule has 0 N–H and O–H groups in total. The van der Waals surface area contributed by atoms with E-state index in [1.807, 2.05) is 0 Å². The summed E-state index contributed by atoms with van der Waals surface area (Å²) >= 11 is 0. The lowest BCUT2D eigenvalue weighted by molar-refractivity contribution is -0.384. The number of amides is 1. The van der Waals surface area contributed by atoms with E-state index in [1.165, 1.54) is 18.1 Å². The number of methoxy groups -OCH3 is 2. The summed E-state index contributed by atoms with van der Waals surface area (Å²) < 4.78 is 9.30. The first-order valence-corrected chi connectivity index (χ1v) is 7.65. The predicted octanol–water partition coefficient (Wildman–Crippen LogP) is 1.55. The van der Waals surface area contributed by atoms with Crippen LogP contribution in [-0.4, -0.2) is 54.5 Å². The Kier molecular flexibility index (Phi) is 5.68. The second kappa shape index (κ2) is 7.73. The first-order valence-electron chi connectivity index (χ1n) is 7.65. The van der Waals surface area contributed by atoms with Gasteiger partial charge in [0.2, 0.25) is 0 Å². The molecule has 9 heteroatoms. The van der Waals surface area contributed by atoms with E-state index >= 15 is 0 Å². The molecule has 1 atom stereocenters. The average Bonchev–Trinajstić information content (AvgIpc) is 2.65. The standard InChI is InChI=1S/C16H18N2O7/c1-24-15(20)11-7-10(8-12(9-11)18(22)23)14(19)17-6-4-3-5-13(17)16(21)25-2/h7-9,13H,3-6H2,1-2H3/t13-/m1/s1. The number of nitro groups is 1. The van der Waals surface area contributed by atoms with Gasteiger partial charge in [-0.3, -0.25) is 14.9 Å². The number of carbonyl (C=O) groups is 3. The summed E-state index contributed by atoms with van der Waals surface area (Å²) in [6, 6.07) is 2.60. The molecule has 0 radical (unpaired) electrons. The number of benzene rings is 1. The molecule has 1 aliphatic heterocycles. The third-order valence-electron chi connectivity index (χ3n) is 4.03. The summed E-state index contributed by atoms with van der Waals surface area (Å²) in [7, 11) is 2.38. The van der Waals surface area contributed by atoms with E-state index in [-0.39, 0.29) is 11.1 Å². The van der Waals surface area contributed by atoms with E-state index in [2.05, 4.69) is 4.74 Å². The van der Waals surface area contributed by atoms with Gasteiger partial charge in [0.1, 0.15) is 6.04 Å². The van der Waals surface area contributed by atoms with Crippen LogP contribution in [0.2, 0.25) is 0 Å². The normalized spacial score (nSPS) is 16.9. The van der Waals surface area contributed by atoms with Gasteiger partial charge in [-0.15, -0.1) is 0 Å². The van der Waals surface area contributed by atoms with E-state index in [1.54, 1.807) is 0 Å². The molecular weight excluding hydrogens is 332 g/mol. The van der Waals surface area contributed by atoms with Crippen LogP contribution in [0.15, 0.2) is 18.2 Å². The van der Waals surface area contributed by atoms with Gasteiger partial charge >= 0.3 is 11.9 Å². The summed E-state index contributed by atoms with van der Waals surface area (Å²) in [5.41, 5.74) is -0.560. The molecule has 2 rings (SSSR count). The number of esters is 2. The molecular formula is C16H18N2O7. The number of hydrogen-bond donors (Lipinski definition) is 0. The molecule has 0 saturated carbocycles. The molecule has 0 aromatic heterocycles. The van der Waals surface area contributed by atoms with Gasteiger partial charge in [-0.05, 0) is 25.3 Å². The highest BCUT2D eigenvalue weighted by atomic mass is 16.6. The first kappa shape index (κ1) is 18.4. The molecule has 1 fully saturated rings. The lowest BCUT2D eigenvalue weighted by Gasteiger charge is -2.33. The van der Waals surface area contributed by atoms with Gasteiger partial charge in [0, 0.05) is 24.2 Å². The fourth-order valence-electron chi connectivity index (χ4n) is 2.80. The van der Waals surface area contributed by atoms with Crippen molar-refractivity contribution in [1.82, 2.24) is 4.90 Å². The van der Waals surface area contributed by atoms with Crippen LogP contribution in [0.1, 0.15) is 40.0 Å². The number of carbonyl (C=O) groups excluding carboxylic acids is 3. The van der Waals surface area contributed by atoms with Crippen molar-refractivity contribution in [2.75, 3.05) is 20.8 Å². The summed E-state index contributed by atoms with van der Waals surface area (Å²) in [6.45, 7) is 0.328. The van der Waals surface area contributed by atoms with Crippen molar-refractivity contribution in [3.63, 3.8) is 0 Å². The maximum absolute atomic E-state index is 12.8. The van der Waals surface area contributed by atoms with Crippen molar-refractivity contribution < 1.29 is 28.8 Å². The number of nitro benzene ring substituents is 1. The van der Waals surface area contributed by atoms with Crippen LogP contribution >= 0.6 is 0 Å². The van der Waals surface area contributed by atoms with Crippen molar-refractivity contribution in [1.29, 1.82) is 0 Å². The highest BCUT2D eigenvalue weighted by molar-refractivity contribution is 6.00. The number of hydrogen-bond acceptors (Lipinski definition) is 7. The predicted molar refractivity (Wildman–Crippen MR) is 85.1 cm³/mol. The van der Waals surface area contributed by atoms with Gasteiger partial charge in [0.05, 0.1) is 24.7 Å². The molecule has 0 spiro atoms. The third-order valence-corrected chi connectivity index (χ3v) is 4.03. The average molecular weight is 350 g/mol. The summed E-state index contributed by atoms with van der Waals surface area (Å²) in [4.78, 5) is 48.2. The molecule has 1 saturated heterocycles. The fourth-order valence-corrected chi connectivity index (χ4v) is 2.80. The number of rotatable bonds is 4. The Balaban J connectivity index is 2.42. The van der Waals surface area contributed by atoms with Crippen LogP contribution in [0.3, 0.4) is 0 Å². The summed E-state index contributed by atoms with van der Waals surface area (Å²) in [6.07, 6.45) is 1.93. The second-order valence-electron chi connectivity index (χ2n) is 5.55. The smallest absolute Gasteiger partial charge is 0.338 e. The lowest BCUT2D eigenvalue weighted by atomic mass is 10.00. The number of non-ortho nitro benzene ring substituents is 1. The maximum atomic E-state index is 12.8. The van der Waals surface area contributed by atoms with E-state index in [4.69, 9.17) is 4.74 Å². The number of piperidine rings is 1. The van der Waals surface area contributed by atoms with E-state index in [0.717, 1.165) is 25.7 Å². The largest absolute Gasteiger partial charge is 0.467 e. The van der Waals surface area contributed by atoms with Crippen LogP contribution in [0, 0.1) is 10.1 Å².